The lowest BCUT2D eigenvalue weighted by Gasteiger charge is -2.08. The van der Waals surface area contributed by atoms with Crippen LogP contribution in [0, 0.1) is 5.82 Å². The summed E-state index contributed by atoms with van der Waals surface area (Å²) in [7, 11) is 0. The highest BCUT2D eigenvalue weighted by Crippen LogP contribution is 2.26. The van der Waals surface area contributed by atoms with Crippen molar-refractivity contribution in [1.82, 2.24) is 4.98 Å². The van der Waals surface area contributed by atoms with Crippen LogP contribution in [0.4, 0.5) is 4.39 Å². The molecule has 3 aromatic rings. The number of thiazole rings is 1. The Morgan fingerprint density at radius 1 is 1.11 bits per heavy atom. The molecule has 0 fully saturated rings. The minimum absolute atomic E-state index is 0.295. The maximum atomic E-state index is 12.8. The number of fused-ring (bicyclic) bond motifs is 1. The van der Waals surface area contributed by atoms with Crippen molar-refractivity contribution < 1.29 is 9.50 Å². The van der Waals surface area contributed by atoms with Crippen molar-refractivity contribution >= 4 is 21.6 Å². The highest BCUT2D eigenvalue weighted by Gasteiger charge is 2.12. The number of para-hydroxylation sites is 1. The van der Waals surface area contributed by atoms with Gasteiger partial charge >= 0.3 is 0 Å². The number of aliphatic hydroxyl groups excluding tert-OH is 1. The topological polar surface area (TPSA) is 33.1 Å². The van der Waals surface area contributed by atoms with Gasteiger partial charge in [-0.15, -0.1) is 11.3 Å². The van der Waals surface area contributed by atoms with E-state index in [2.05, 4.69) is 4.98 Å². The Kier molecular flexibility index (Phi) is 3.27. The molecule has 1 atom stereocenters. The van der Waals surface area contributed by atoms with Crippen molar-refractivity contribution in [3.05, 3.63) is 64.9 Å². The fraction of sp³-hybridized carbons (Fsp3) is 0.133. The second-order valence-electron chi connectivity index (χ2n) is 4.35. The van der Waals surface area contributed by atoms with E-state index in [0.717, 1.165) is 15.2 Å². The monoisotopic (exact) mass is 273 g/mol. The van der Waals surface area contributed by atoms with Crippen LogP contribution in [0.15, 0.2) is 48.5 Å². The molecule has 19 heavy (non-hydrogen) atoms. The van der Waals surface area contributed by atoms with Gasteiger partial charge in [-0.3, -0.25) is 0 Å². The Hall–Kier alpha value is -1.78. The van der Waals surface area contributed by atoms with Crippen molar-refractivity contribution in [2.24, 2.45) is 0 Å². The number of halogens is 1. The van der Waals surface area contributed by atoms with Crippen molar-refractivity contribution in [1.29, 1.82) is 0 Å². The Balaban J connectivity index is 1.82. The molecular weight excluding hydrogens is 261 g/mol. The Morgan fingerprint density at radius 2 is 1.84 bits per heavy atom. The molecule has 0 aliphatic rings. The number of hydrogen-bond donors (Lipinski definition) is 1. The second-order valence-corrected chi connectivity index (χ2v) is 5.46. The molecule has 0 radical (unpaired) electrons. The van der Waals surface area contributed by atoms with Crippen LogP contribution in [0.1, 0.15) is 16.7 Å². The summed E-state index contributed by atoms with van der Waals surface area (Å²) in [6, 6.07) is 13.8. The van der Waals surface area contributed by atoms with Crippen molar-refractivity contribution in [3.63, 3.8) is 0 Å². The molecule has 1 aromatic heterocycles. The van der Waals surface area contributed by atoms with Crippen LogP contribution < -0.4 is 0 Å². The zero-order valence-corrected chi connectivity index (χ0v) is 10.9. The van der Waals surface area contributed by atoms with Gasteiger partial charge in [0.2, 0.25) is 0 Å². The van der Waals surface area contributed by atoms with Gasteiger partial charge in [-0.25, -0.2) is 9.37 Å². The minimum Gasteiger partial charge on any atom is -0.388 e. The first-order valence-corrected chi connectivity index (χ1v) is 6.82. The molecular formula is C15H12FNOS. The summed E-state index contributed by atoms with van der Waals surface area (Å²) in [4.78, 5) is 4.48. The normalized spacial score (nSPS) is 12.7. The Morgan fingerprint density at radius 3 is 2.58 bits per heavy atom. The van der Waals surface area contributed by atoms with Crippen molar-refractivity contribution in [3.8, 4) is 0 Å². The molecule has 0 saturated heterocycles. The predicted molar refractivity (Wildman–Crippen MR) is 74.7 cm³/mol. The largest absolute Gasteiger partial charge is 0.388 e. The summed E-state index contributed by atoms with van der Waals surface area (Å²) < 4.78 is 13.9. The molecule has 3 rings (SSSR count). The lowest BCUT2D eigenvalue weighted by Crippen LogP contribution is -2.01. The molecule has 1 heterocycles. The van der Waals surface area contributed by atoms with E-state index >= 15 is 0 Å². The third kappa shape index (κ3) is 2.64. The first kappa shape index (κ1) is 12.3. The molecule has 0 aliphatic heterocycles. The van der Waals surface area contributed by atoms with Gasteiger partial charge in [-0.1, -0.05) is 24.3 Å². The van der Waals surface area contributed by atoms with Crippen LogP contribution >= 0.6 is 11.3 Å². The summed E-state index contributed by atoms with van der Waals surface area (Å²) in [5.41, 5.74) is 1.66. The zero-order chi connectivity index (χ0) is 13.2. The van der Waals surface area contributed by atoms with Crippen LogP contribution in [-0.2, 0) is 6.42 Å². The molecule has 0 aliphatic carbocycles. The third-order valence-corrected chi connectivity index (χ3v) is 4.02. The molecule has 1 N–H and O–H groups in total. The first-order chi connectivity index (χ1) is 9.22. The van der Waals surface area contributed by atoms with E-state index in [1.54, 1.807) is 23.5 Å². The number of rotatable bonds is 3. The zero-order valence-electron chi connectivity index (χ0n) is 10.1. The quantitative estimate of drug-likeness (QED) is 0.789. The van der Waals surface area contributed by atoms with Gasteiger partial charge in [0.1, 0.15) is 5.82 Å². The van der Waals surface area contributed by atoms with E-state index in [4.69, 9.17) is 0 Å². The molecule has 0 saturated carbocycles. The summed E-state index contributed by atoms with van der Waals surface area (Å²) in [5, 5.41) is 11.0. The third-order valence-electron chi connectivity index (χ3n) is 2.96. The van der Waals surface area contributed by atoms with E-state index in [0.29, 0.717) is 12.0 Å². The van der Waals surface area contributed by atoms with Gasteiger partial charge in [-0.05, 0) is 29.8 Å². The lowest BCUT2D eigenvalue weighted by atomic mass is 10.1. The van der Waals surface area contributed by atoms with E-state index < -0.39 is 6.10 Å². The number of aromatic nitrogens is 1. The highest BCUT2D eigenvalue weighted by molar-refractivity contribution is 7.18. The molecule has 1 unspecified atom stereocenters. The fourth-order valence-electron chi connectivity index (χ4n) is 1.98. The second kappa shape index (κ2) is 5.07. The SMILES string of the molecule is OC(Cc1nc2ccccc2s1)c1ccc(F)cc1. The van der Waals surface area contributed by atoms with Crippen molar-refractivity contribution in [2.75, 3.05) is 0 Å². The van der Waals surface area contributed by atoms with Gasteiger partial charge < -0.3 is 5.11 Å². The van der Waals surface area contributed by atoms with Gasteiger partial charge in [0.15, 0.2) is 0 Å². The Labute approximate surface area is 114 Å². The lowest BCUT2D eigenvalue weighted by molar-refractivity contribution is 0.178. The smallest absolute Gasteiger partial charge is 0.123 e. The standard InChI is InChI=1S/C15H12FNOS/c16-11-7-5-10(6-8-11)13(18)9-15-17-12-3-1-2-4-14(12)19-15/h1-8,13,18H,9H2. The van der Waals surface area contributed by atoms with Crippen LogP contribution in [0.2, 0.25) is 0 Å². The number of benzene rings is 2. The van der Waals surface area contributed by atoms with Gasteiger partial charge in [0.05, 0.1) is 21.3 Å². The van der Waals surface area contributed by atoms with Gasteiger partial charge in [-0.2, -0.15) is 0 Å². The predicted octanol–water partition coefficient (Wildman–Crippen LogP) is 3.71. The number of nitrogens with zero attached hydrogens (tertiary/aromatic N) is 1. The molecule has 2 nitrogen and oxygen atoms in total. The molecule has 4 heteroatoms. The maximum absolute atomic E-state index is 12.8. The molecule has 96 valence electrons. The number of hydrogen-bond acceptors (Lipinski definition) is 3. The molecule has 0 spiro atoms. The fourth-order valence-corrected chi connectivity index (χ4v) is 2.98. The van der Waals surface area contributed by atoms with E-state index in [-0.39, 0.29) is 5.82 Å². The molecule has 0 amide bonds. The van der Waals surface area contributed by atoms with Gasteiger partial charge in [0.25, 0.3) is 0 Å². The Bertz CT molecular complexity index is 660. The van der Waals surface area contributed by atoms with E-state index in [9.17, 15) is 9.50 Å². The average Bonchev–Trinajstić information content (AvgIpc) is 2.81. The maximum Gasteiger partial charge on any atom is 0.123 e. The minimum atomic E-state index is -0.652. The summed E-state index contributed by atoms with van der Waals surface area (Å²) in [6.45, 7) is 0. The summed E-state index contributed by atoms with van der Waals surface area (Å²) in [6.07, 6.45) is -0.202. The van der Waals surface area contributed by atoms with Crippen LogP contribution in [0.5, 0.6) is 0 Å². The highest BCUT2D eigenvalue weighted by atomic mass is 32.1. The van der Waals surface area contributed by atoms with Crippen LogP contribution in [-0.4, -0.2) is 10.1 Å². The first-order valence-electron chi connectivity index (χ1n) is 6.00. The van der Waals surface area contributed by atoms with Crippen LogP contribution in [0.3, 0.4) is 0 Å². The number of aliphatic hydroxyl groups is 1. The van der Waals surface area contributed by atoms with E-state index in [1.807, 2.05) is 24.3 Å². The molecule has 0 bridgehead atoms. The van der Waals surface area contributed by atoms with E-state index in [1.165, 1.54) is 12.1 Å². The van der Waals surface area contributed by atoms with Gasteiger partial charge in [0, 0.05) is 6.42 Å². The average molecular weight is 273 g/mol. The van der Waals surface area contributed by atoms with Crippen molar-refractivity contribution in [2.45, 2.75) is 12.5 Å². The molecule has 2 aromatic carbocycles. The van der Waals surface area contributed by atoms with Crippen LogP contribution in [0.25, 0.3) is 10.2 Å². The summed E-state index contributed by atoms with van der Waals surface area (Å²) in [5.74, 6) is -0.295. The summed E-state index contributed by atoms with van der Waals surface area (Å²) >= 11 is 1.58.